The average Bonchev–Trinajstić information content (AvgIpc) is 2.28. The normalized spacial score (nSPS) is 21.2. The van der Waals surface area contributed by atoms with Crippen LogP contribution in [-0.4, -0.2) is 61.1 Å². The molecule has 1 saturated heterocycles. The molecule has 0 aliphatic carbocycles. The van der Waals surface area contributed by atoms with Gasteiger partial charge < -0.3 is 9.64 Å². The Morgan fingerprint density at radius 1 is 1.69 bits per heavy atom. The fourth-order valence-corrected chi connectivity index (χ4v) is 1.45. The fraction of sp³-hybridized carbons (Fsp3) is 0.818. The standard InChI is InChI=1S/C11H19N3O2/c1-9(2)13(3)8-11(15)14-4-5-16-10(6-12)7-14/h9-10H,4-5,7-8H2,1-3H3/t10-/m0/s1. The predicted octanol–water partition coefficient (Wildman–Crippen LogP) is 0.0776. The highest BCUT2D eigenvalue weighted by atomic mass is 16.5. The number of likely N-dealkylation sites (N-methyl/N-ethyl adjacent to an activating group) is 1. The summed E-state index contributed by atoms with van der Waals surface area (Å²) in [6.07, 6.45) is -0.470. The van der Waals surface area contributed by atoms with E-state index in [1.807, 2.05) is 31.9 Å². The number of morpholine rings is 1. The molecular formula is C11H19N3O2. The van der Waals surface area contributed by atoms with Crippen LogP contribution in [0.25, 0.3) is 0 Å². The van der Waals surface area contributed by atoms with Crippen LogP contribution in [0.3, 0.4) is 0 Å². The summed E-state index contributed by atoms with van der Waals surface area (Å²) in [6, 6.07) is 2.38. The van der Waals surface area contributed by atoms with Gasteiger partial charge in [0.1, 0.15) is 0 Å². The summed E-state index contributed by atoms with van der Waals surface area (Å²) in [5.41, 5.74) is 0. The van der Waals surface area contributed by atoms with Crippen molar-refractivity contribution in [2.24, 2.45) is 0 Å². The van der Waals surface area contributed by atoms with Crippen molar-refractivity contribution < 1.29 is 9.53 Å². The first-order chi connectivity index (χ1) is 7.54. The van der Waals surface area contributed by atoms with Gasteiger partial charge in [-0.25, -0.2) is 0 Å². The lowest BCUT2D eigenvalue weighted by Gasteiger charge is -2.31. The molecule has 1 aliphatic rings. The molecule has 16 heavy (non-hydrogen) atoms. The molecule has 0 unspecified atom stereocenters. The van der Waals surface area contributed by atoms with Crippen LogP contribution in [0.1, 0.15) is 13.8 Å². The van der Waals surface area contributed by atoms with E-state index in [0.717, 1.165) is 0 Å². The zero-order chi connectivity index (χ0) is 12.1. The number of nitrogens with zero attached hydrogens (tertiary/aromatic N) is 3. The SMILES string of the molecule is CC(C)N(C)CC(=O)N1CCO[C@@H](C#N)C1. The Balaban J connectivity index is 2.45. The number of carbonyl (C=O) groups is 1. The number of hydrogen-bond acceptors (Lipinski definition) is 4. The number of hydrogen-bond donors (Lipinski definition) is 0. The molecule has 0 bridgehead atoms. The van der Waals surface area contributed by atoms with Gasteiger partial charge in [0.15, 0.2) is 6.10 Å². The summed E-state index contributed by atoms with van der Waals surface area (Å²) in [7, 11) is 1.92. The first-order valence-electron chi connectivity index (χ1n) is 5.53. The van der Waals surface area contributed by atoms with Gasteiger partial charge >= 0.3 is 0 Å². The molecule has 90 valence electrons. The molecule has 1 atom stereocenters. The zero-order valence-corrected chi connectivity index (χ0v) is 10.1. The van der Waals surface area contributed by atoms with Gasteiger partial charge in [0.25, 0.3) is 0 Å². The summed E-state index contributed by atoms with van der Waals surface area (Å²) < 4.78 is 5.19. The summed E-state index contributed by atoms with van der Waals surface area (Å²) >= 11 is 0. The largest absolute Gasteiger partial charge is 0.360 e. The van der Waals surface area contributed by atoms with Crippen molar-refractivity contribution in [3.8, 4) is 6.07 Å². The highest BCUT2D eigenvalue weighted by Crippen LogP contribution is 2.05. The van der Waals surface area contributed by atoms with E-state index < -0.39 is 6.10 Å². The number of nitriles is 1. The first kappa shape index (κ1) is 12.9. The van der Waals surface area contributed by atoms with Gasteiger partial charge in [-0.3, -0.25) is 9.69 Å². The monoisotopic (exact) mass is 225 g/mol. The molecule has 0 saturated carbocycles. The van der Waals surface area contributed by atoms with Crippen molar-refractivity contribution in [2.45, 2.75) is 26.0 Å². The highest BCUT2D eigenvalue weighted by molar-refractivity contribution is 5.78. The van der Waals surface area contributed by atoms with E-state index in [2.05, 4.69) is 0 Å². The van der Waals surface area contributed by atoms with Crippen molar-refractivity contribution in [1.82, 2.24) is 9.80 Å². The maximum absolute atomic E-state index is 11.9. The van der Waals surface area contributed by atoms with Crippen LogP contribution in [0, 0.1) is 11.3 Å². The second-order valence-corrected chi connectivity index (χ2v) is 4.34. The lowest BCUT2D eigenvalue weighted by molar-refractivity contribution is -0.138. The van der Waals surface area contributed by atoms with E-state index in [1.165, 1.54) is 0 Å². The second kappa shape index (κ2) is 5.83. The van der Waals surface area contributed by atoms with Gasteiger partial charge in [0, 0.05) is 12.6 Å². The van der Waals surface area contributed by atoms with Crippen molar-refractivity contribution in [3.05, 3.63) is 0 Å². The van der Waals surface area contributed by atoms with Gasteiger partial charge in [-0.2, -0.15) is 5.26 Å². The lowest BCUT2D eigenvalue weighted by atomic mass is 10.2. The van der Waals surface area contributed by atoms with Crippen molar-refractivity contribution in [3.63, 3.8) is 0 Å². The van der Waals surface area contributed by atoms with E-state index in [0.29, 0.717) is 32.3 Å². The molecule has 1 heterocycles. The van der Waals surface area contributed by atoms with E-state index in [4.69, 9.17) is 10.00 Å². The van der Waals surface area contributed by atoms with E-state index >= 15 is 0 Å². The molecule has 1 amide bonds. The minimum atomic E-state index is -0.470. The molecule has 0 aromatic carbocycles. The smallest absolute Gasteiger partial charge is 0.236 e. The molecule has 1 rings (SSSR count). The minimum absolute atomic E-state index is 0.0692. The molecule has 5 nitrogen and oxygen atoms in total. The van der Waals surface area contributed by atoms with Crippen molar-refractivity contribution in [2.75, 3.05) is 33.3 Å². The number of amides is 1. The van der Waals surface area contributed by atoms with Gasteiger partial charge in [0.2, 0.25) is 5.91 Å². The van der Waals surface area contributed by atoms with Crippen LogP contribution in [-0.2, 0) is 9.53 Å². The zero-order valence-electron chi connectivity index (χ0n) is 10.1. The maximum atomic E-state index is 11.9. The van der Waals surface area contributed by atoms with Crippen LogP contribution in [0.15, 0.2) is 0 Å². The van der Waals surface area contributed by atoms with E-state index in [1.54, 1.807) is 4.90 Å². The Morgan fingerprint density at radius 2 is 2.38 bits per heavy atom. The Morgan fingerprint density at radius 3 is 2.94 bits per heavy atom. The third-order valence-corrected chi connectivity index (χ3v) is 2.83. The van der Waals surface area contributed by atoms with Crippen LogP contribution in [0.5, 0.6) is 0 Å². The first-order valence-corrected chi connectivity index (χ1v) is 5.53. The summed E-state index contributed by atoms with van der Waals surface area (Å²) in [4.78, 5) is 15.6. The molecular weight excluding hydrogens is 206 g/mol. The maximum Gasteiger partial charge on any atom is 0.236 e. The fourth-order valence-electron chi connectivity index (χ4n) is 1.45. The number of carbonyl (C=O) groups excluding carboxylic acids is 1. The molecule has 0 N–H and O–H groups in total. The highest BCUT2D eigenvalue weighted by Gasteiger charge is 2.24. The topological polar surface area (TPSA) is 56.6 Å². The Labute approximate surface area is 96.6 Å². The summed E-state index contributed by atoms with van der Waals surface area (Å²) in [5, 5.41) is 8.74. The summed E-state index contributed by atoms with van der Waals surface area (Å²) in [6.45, 7) is 5.92. The molecule has 1 aliphatic heterocycles. The Kier molecular flexibility index (Phi) is 4.71. The third-order valence-electron chi connectivity index (χ3n) is 2.83. The number of ether oxygens (including phenoxy) is 1. The molecule has 5 heteroatoms. The second-order valence-electron chi connectivity index (χ2n) is 4.34. The summed E-state index contributed by atoms with van der Waals surface area (Å²) in [5.74, 6) is 0.0692. The van der Waals surface area contributed by atoms with Crippen molar-refractivity contribution in [1.29, 1.82) is 5.26 Å². The molecule has 1 fully saturated rings. The van der Waals surface area contributed by atoms with Gasteiger partial charge in [-0.1, -0.05) is 0 Å². The van der Waals surface area contributed by atoms with Crippen LogP contribution >= 0.6 is 0 Å². The predicted molar refractivity (Wildman–Crippen MR) is 59.7 cm³/mol. The Bertz CT molecular complexity index is 285. The van der Waals surface area contributed by atoms with Gasteiger partial charge in [-0.15, -0.1) is 0 Å². The van der Waals surface area contributed by atoms with Crippen LogP contribution < -0.4 is 0 Å². The van der Waals surface area contributed by atoms with E-state index in [-0.39, 0.29) is 5.91 Å². The molecule has 0 aromatic rings. The van der Waals surface area contributed by atoms with Crippen molar-refractivity contribution >= 4 is 5.91 Å². The average molecular weight is 225 g/mol. The molecule has 0 aromatic heterocycles. The molecule has 0 radical (unpaired) electrons. The van der Waals surface area contributed by atoms with Gasteiger partial charge in [-0.05, 0) is 20.9 Å². The lowest BCUT2D eigenvalue weighted by Crippen LogP contribution is -2.49. The molecule has 0 spiro atoms. The van der Waals surface area contributed by atoms with Crippen LogP contribution in [0.2, 0.25) is 0 Å². The van der Waals surface area contributed by atoms with Gasteiger partial charge in [0.05, 0.1) is 25.8 Å². The van der Waals surface area contributed by atoms with E-state index in [9.17, 15) is 4.79 Å². The number of rotatable bonds is 3. The quantitative estimate of drug-likeness (QED) is 0.682. The van der Waals surface area contributed by atoms with Crippen LogP contribution in [0.4, 0.5) is 0 Å². The Hall–Kier alpha value is -1.12. The third kappa shape index (κ3) is 3.47. The minimum Gasteiger partial charge on any atom is -0.360 e.